The third kappa shape index (κ3) is 20.4. The lowest BCUT2D eigenvalue weighted by Gasteiger charge is -2.16. The van der Waals surface area contributed by atoms with Crippen LogP contribution in [0.25, 0.3) is 0 Å². The molecule has 14 heteroatoms. The van der Waals surface area contributed by atoms with Crippen molar-refractivity contribution >= 4 is 35.9 Å². The Morgan fingerprint density at radius 2 is 1.40 bits per heavy atom. The van der Waals surface area contributed by atoms with E-state index in [9.17, 15) is 28.8 Å². The van der Waals surface area contributed by atoms with Gasteiger partial charge in [0.25, 0.3) is 0 Å². The maximum Gasteiger partial charge on any atom is 0.407 e. The molecule has 1 heterocycles. The van der Waals surface area contributed by atoms with Gasteiger partial charge in [-0.3, -0.25) is 19.2 Å². The predicted octanol–water partition coefficient (Wildman–Crippen LogP) is 2.76. The fourth-order valence-corrected chi connectivity index (χ4v) is 3.57. The summed E-state index contributed by atoms with van der Waals surface area (Å²) in [4.78, 5) is 70.1. The molecule has 2 N–H and O–H groups in total. The number of esters is 4. The summed E-state index contributed by atoms with van der Waals surface area (Å²) in [5, 5.41) is 5.30. The largest absolute Gasteiger partial charge is 0.469 e. The van der Waals surface area contributed by atoms with Crippen molar-refractivity contribution in [3.8, 4) is 0 Å². The lowest BCUT2D eigenvalue weighted by molar-refractivity contribution is -0.150. The lowest BCUT2D eigenvalue weighted by Crippen LogP contribution is -2.42. The topological polar surface area (TPSA) is 186 Å². The van der Waals surface area contributed by atoms with Crippen LogP contribution in [-0.4, -0.2) is 82.0 Å². The van der Waals surface area contributed by atoms with Gasteiger partial charge in [-0.2, -0.15) is 0 Å². The van der Waals surface area contributed by atoms with Crippen LogP contribution >= 0.6 is 0 Å². The Balaban J connectivity index is 2.08. The monoisotopic (exact) mass is 612 g/mol. The molecule has 0 radical (unpaired) electrons. The summed E-state index contributed by atoms with van der Waals surface area (Å²) >= 11 is 0. The first-order valence-electron chi connectivity index (χ1n) is 14.5. The fraction of sp³-hybridized carbons (Fsp3) is 0.655. The first-order chi connectivity index (χ1) is 20.7. The number of carbonyl (C=O) groups excluding carboxylic acids is 6. The van der Waals surface area contributed by atoms with Crippen molar-refractivity contribution in [3.63, 3.8) is 0 Å². The molecule has 0 aliphatic heterocycles. The highest BCUT2D eigenvalue weighted by Gasteiger charge is 2.21. The zero-order valence-corrected chi connectivity index (χ0v) is 25.0. The van der Waals surface area contributed by atoms with Gasteiger partial charge in [0.15, 0.2) is 0 Å². The molecular weight excluding hydrogens is 568 g/mol. The van der Waals surface area contributed by atoms with E-state index >= 15 is 0 Å². The highest BCUT2D eigenvalue weighted by molar-refractivity contribution is 5.81. The van der Waals surface area contributed by atoms with E-state index in [1.54, 1.807) is 12.3 Å². The van der Waals surface area contributed by atoms with Gasteiger partial charge in [0.2, 0.25) is 5.91 Å². The summed E-state index contributed by atoms with van der Waals surface area (Å²) in [7, 11) is 1.22. The van der Waals surface area contributed by atoms with E-state index in [-0.39, 0.29) is 51.1 Å². The zero-order chi connectivity index (χ0) is 31.7. The number of hydrogen-bond donors (Lipinski definition) is 2. The minimum Gasteiger partial charge on any atom is -0.469 e. The standard InChI is InChI=1S/C29H44N2O12/c1-22(32)39-17-5-6-18-41-26(34)14-15-27(35)42-19-7-8-20-43-29(37)31-24(28(36)38-2)11-3-4-16-30-25(33)13-12-23-10-9-21-40-23/h9-10,21,24H,3-8,11-20H2,1-2H3,(H,30,33)(H,31,37). The van der Waals surface area contributed by atoms with E-state index < -0.39 is 30.0 Å². The summed E-state index contributed by atoms with van der Waals surface area (Å²) < 4.78 is 29.9. The van der Waals surface area contributed by atoms with Crippen LogP contribution in [0.5, 0.6) is 0 Å². The Kier molecular flexibility index (Phi) is 20.1. The average Bonchev–Trinajstić information content (AvgIpc) is 3.51. The molecule has 14 nitrogen and oxygen atoms in total. The minimum absolute atomic E-state index is 0.0467. The number of aryl methyl sites for hydroxylation is 1. The molecule has 0 spiro atoms. The molecule has 0 bridgehead atoms. The average molecular weight is 613 g/mol. The number of hydrogen-bond acceptors (Lipinski definition) is 12. The highest BCUT2D eigenvalue weighted by atomic mass is 16.6. The summed E-state index contributed by atoms with van der Waals surface area (Å²) in [5.74, 6) is -1.38. The molecule has 1 rings (SSSR count). The van der Waals surface area contributed by atoms with Crippen molar-refractivity contribution < 1.29 is 56.9 Å². The summed E-state index contributed by atoms with van der Waals surface area (Å²) in [6, 6.07) is 2.69. The Morgan fingerprint density at radius 1 is 0.791 bits per heavy atom. The van der Waals surface area contributed by atoms with Crippen LogP contribution < -0.4 is 10.6 Å². The van der Waals surface area contributed by atoms with Crippen LogP contribution in [0.4, 0.5) is 4.79 Å². The van der Waals surface area contributed by atoms with Gasteiger partial charge in [-0.1, -0.05) is 0 Å². The summed E-state index contributed by atoms with van der Waals surface area (Å²) in [6.45, 7) is 2.34. The maximum absolute atomic E-state index is 12.1. The fourth-order valence-electron chi connectivity index (χ4n) is 3.57. The molecule has 1 unspecified atom stereocenters. The SMILES string of the molecule is COC(=O)C(CCCCNC(=O)CCc1ccco1)NC(=O)OCCCCOC(=O)CCC(=O)OCCCCOC(C)=O. The van der Waals surface area contributed by atoms with Crippen LogP contribution in [0.15, 0.2) is 22.8 Å². The van der Waals surface area contributed by atoms with E-state index in [4.69, 9.17) is 28.1 Å². The number of alkyl carbamates (subject to hydrolysis) is 1. The molecule has 43 heavy (non-hydrogen) atoms. The van der Waals surface area contributed by atoms with Crippen molar-refractivity contribution in [2.24, 2.45) is 0 Å². The molecule has 0 aliphatic carbocycles. The quantitative estimate of drug-likeness (QED) is 0.105. The highest BCUT2D eigenvalue weighted by Crippen LogP contribution is 2.06. The smallest absolute Gasteiger partial charge is 0.407 e. The lowest BCUT2D eigenvalue weighted by atomic mass is 10.1. The second kappa shape index (κ2) is 23.5. The molecule has 1 aromatic rings. The zero-order valence-electron chi connectivity index (χ0n) is 25.0. The van der Waals surface area contributed by atoms with Gasteiger partial charge in [0.1, 0.15) is 11.8 Å². The molecule has 0 aromatic carbocycles. The third-order valence-corrected chi connectivity index (χ3v) is 5.87. The van der Waals surface area contributed by atoms with Gasteiger partial charge < -0.3 is 38.7 Å². The number of rotatable bonds is 23. The molecule has 1 atom stereocenters. The molecule has 0 saturated carbocycles. The van der Waals surface area contributed by atoms with Gasteiger partial charge in [0, 0.05) is 26.3 Å². The Labute approximate surface area is 251 Å². The normalized spacial score (nSPS) is 11.1. The summed E-state index contributed by atoms with van der Waals surface area (Å²) in [5.41, 5.74) is 0. The molecule has 242 valence electrons. The Morgan fingerprint density at radius 3 is 1.95 bits per heavy atom. The van der Waals surface area contributed by atoms with Crippen LogP contribution in [0.1, 0.15) is 76.9 Å². The molecule has 0 saturated heterocycles. The third-order valence-electron chi connectivity index (χ3n) is 5.87. The van der Waals surface area contributed by atoms with E-state index in [1.165, 1.54) is 14.0 Å². The van der Waals surface area contributed by atoms with Crippen LogP contribution in [-0.2, 0) is 54.1 Å². The van der Waals surface area contributed by atoms with Crippen LogP contribution in [0.3, 0.4) is 0 Å². The number of carbonyl (C=O) groups is 6. The van der Waals surface area contributed by atoms with Crippen molar-refractivity contribution in [2.75, 3.05) is 40.1 Å². The molecule has 0 fully saturated rings. The Bertz CT molecular complexity index is 980. The van der Waals surface area contributed by atoms with Crippen molar-refractivity contribution in [1.29, 1.82) is 0 Å². The van der Waals surface area contributed by atoms with E-state index in [1.807, 2.05) is 6.07 Å². The van der Waals surface area contributed by atoms with Crippen molar-refractivity contribution in [1.82, 2.24) is 10.6 Å². The van der Waals surface area contributed by atoms with Gasteiger partial charge in [-0.05, 0) is 57.1 Å². The first kappa shape index (κ1) is 36.9. The maximum atomic E-state index is 12.1. The minimum atomic E-state index is -0.888. The molecule has 2 amide bonds. The van der Waals surface area contributed by atoms with Gasteiger partial charge in [-0.25, -0.2) is 9.59 Å². The van der Waals surface area contributed by atoms with Crippen molar-refractivity contribution in [2.45, 2.75) is 83.6 Å². The Hall–Kier alpha value is -4.10. The number of unbranched alkanes of at least 4 members (excludes halogenated alkanes) is 3. The predicted molar refractivity (Wildman–Crippen MR) is 150 cm³/mol. The number of furan rings is 1. The number of amides is 2. The second-order valence-electron chi connectivity index (χ2n) is 9.48. The number of nitrogens with one attached hydrogen (secondary N) is 2. The van der Waals surface area contributed by atoms with Gasteiger partial charge in [0.05, 0.1) is 52.6 Å². The second-order valence-corrected chi connectivity index (χ2v) is 9.48. The molecule has 0 aliphatic rings. The van der Waals surface area contributed by atoms with E-state index in [0.29, 0.717) is 64.3 Å². The molecular formula is C29H44N2O12. The van der Waals surface area contributed by atoms with Crippen molar-refractivity contribution in [3.05, 3.63) is 24.2 Å². The van der Waals surface area contributed by atoms with E-state index in [2.05, 4.69) is 10.6 Å². The van der Waals surface area contributed by atoms with Crippen LogP contribution in [0.2, 0.25) is 0 Å². The first-order valence-corrected chi connectivity index (χ1v) is 14.5. The molecule has 1 aromatic heterocycles. The van der Waals surface area contributed by atoms with E-state index in [0.717, 1.165) is 5.76 Å². The summed E-state index contributed by atoms with van der Waals surface area (Å²) in [6.07, 6.45) is 4.83. The van der Waals surface area contributed by atoms with Gasteiger partial charge >= 0.3 is 30.0 Å². The van der Waals surface area contributed by atoms with Crippen LogP contribution in [0, 0.1) is 0 Å². The number of ether oxygens (including phenoxy) is 5. The number of methoxy groups -OCH3 is 1. The van der Waals surface area contributed by atoms with Gasteiger partial charge in [-0.15, -0.1) is 0 Å².